The maximum Gasteiger partial charge on any atom is 0.293 e. The van der Waals surface area contributed by atoms with Crippen molar-refractivity contribution in [2.75, 3.05) is 26.9 Å². The smallest absolute Gasteiger partial charge is 0.293 e. The summed E-state index contributed by atoms with van der Waals surface area (Å²) < 4.78 is 35.7. The Morgan fingerprint density at radius 3 is 2.42 bits per heavy atom. The van der Waals surface area contributed by atoms with Crippen LogP contribution in [0.5, 0.6) is 23.0 Å². The van der Waals surface area contributed by atoms with Crippen LogP contribution < -0.4 is 18.9 Å². The second-order valence-electron chi connectivity index (χ2n) is 8.01. The Morgan fingerprint density at radius 1 is 0.974 bits per heavy atom. The number of thioether (sulfide) groups is 1. The van der Waals surface area contributed by atoms with Crippen LogP contribution in [-0.4, -0.2) is 42.9 Å². The van der Waals surface area contributed by atoms with Crippen LogP contribution in [0.3, 0.4) is 0 Å². The van der Waals surface area contributed by atoms with Gasteiger partial charge in [0.2, 0.25) is 0 Å². The Kier molecular flexibility index (Phi) is 9.15. The number of carbonyl (C=O) groups is 2. The molecule has 7 nitrogen and oxygen atoms in total. The third-order valence-corrected chi connectivity index (χ3v) is 6.63. The van der Waals surface area contributed by atoms with Crippen molar-refractivity contribution in [1.29, 1.82) is 0 Å². The van der Waals surface area contributed by atoms with Gasteiger partial charge in [-0.3, -0.25) is 14.5 Å². The summed E-state index contributed by atoms with van der Waals surface area (Å²) in [5, 5.41) is -0.117. The summed E-state index contributed by atoms with van der Waals surface area (Å²) in [5.41, 5.74) is 1.33. The number of ether oxygens (including phenoxy) is 4. The maximum absolute atomic E-state index is 13.2. The Bertz CT molecular complexity index is 1350. The summed E-state index contributed by atoms with van der Waals surface area (Å²) in [5.74, 6) is 1.05. The second kappa shape index (κ2) is 12.7. The molecule has 10 heteroatoms. The highest BCUT2D eigenvalue weighted by Crippen LogP contribution is 2.39. The van der Waals surface area contributed by atoms with Crippen LogP contribution in [0.25, 0.3) is 6.08 Å². The van der Waals surface area contributed by atoms with Gasteiger partial charge in [0.1, 0.15) is 19.0 Å². The number of imide groups is 1. The van der Waals surface area contributed by atoms with E-state index in [1.54, 1.807) is 42.5 Å². The zero-order valence-electron chi connectivity index (χ0n) is 20.7. The van der Waals surface area contributed by atoms with Gasteiger partial charge in [-0.1, -0.05) is 35.9 Å². The van der Waals surface area contributed by atoms with Gasteiger partial charge in [-0.15, -0.1) is 0 Å². The van der Waals surface area contributed by atoms with Crippen LogP contribution in [0.1, 0.15) is 18.1 Å². The van der Waals surface area contributed by atoms with Gasteiger partial charge in [-0.2, -0.15) is 0 Å². The first-order valence-electron chi connectivity index (χ1n) is 11.7. The first kappa shape index (κ1) is 27.3. The lowest BCUT2D eigenvalue weighted by molar-refractivity contribution is -0.123. The molecule has 1 aliphatic heterocycles. The summed E-state index contributed by atoms with van der Waals surface area (Å²) in [7, 11) is 1.54. The van der Waals surface area contributed by atoms with E-state index < -0.39 is 5.91 Å². The Balaban J connectivity index is 1.45. The number of methoxy groups -OCH3 is 1. The summed E-state index contributed by atoms with van der Waals surface area (Å²) in [4.78, 5) is 26.9. The minimum Gasteiger partial charge on any atom is -0.493 e. The SMILES string of the molecule is CCOc1cc(/C=C2\SC(=O)N(CCOc3ccccc3OC)C2=O)cc(Cl)c1OCc1ccc(F)cc1. The average Bonchev–Trinajstić information content (AvgIpc) is 3.17. The standard InChI is InChI=1S/C28H25ClFNO6S/c1-3-35-24-15-19(14-21(29)26(24)37-17-18-8-10-20(30)11-9-18)16-25-27(32)31(28(33)38-25)12-13-36-23-7-5-4-6-22(23)34-2/h4-11,14-16H,3,12-13,17H2,1-2H3/b25-16-. The summed E-state index contributed by atoms with van der Waals surface area (Å²) in [6.07, 6.45) is 1.59. The quantitative estimate of drug-likeness (QED) is 0.246. The minimum absolute atomic E-state index is 0.0845. The van der Waals surface area contributed by atoms with Gasteiger partial charge in [-0.25, -0.2) is 4.39 Å². The molecule has 3 aromatic carbocycles. The van der Waals surface area contributed by atoms with Gasteiger partial charge in [0.15, 0.2) is 23.0 Å². The van der Waals surface area contributed by atoms with Crippen molar-refractivity contribution >= 4 is 40.6 Å². The van der Waals surface area contributed by atoms with Crippen LogP contribution >= 0.6 is 23.4 Å². The lowest BCUT2D eigenvalue weighted by Crippen LogP contribution is -2.32. The monoisotopic (exact) mass is 557 g/mol. The van der Waals surface area contributed by atoms with E-state index in [1.165, 1.54) is 19.2 Å². The van der Waals surface area contributed by atoms with Gasteiger partial charge < -0.3 is 18.9 Å². The molecule has 1 aliphatic rings. The molecule has 38 heavy (non-hydrogen) atoms. The van der Waals surface area contributed by atoms with Crippen LogP contribution in [0, 0.1) is 5.82 Å². The van der Waals surface area contributed by atoms with Gasteiger partial charge in [0.05, 0.1) is 30.2 Å². The van der Waals surface area contributed by atoms with E-state index in [1.807, 2.05) is 19.1 Å². The Morgan fingerprint density at radius 2 is 1.71 bits per heavy atom. The molecule has 2 amide bonds. The van der Waals surface area contributed by atoms with Crippen LogP contribution in [0.4, 0.5) is 9.18 Å². The van der Waals surface area contributed by atoms with E-state index in [4.69, 9.17) is 30.5 Å². The van der Waals surface area contributed by atoms with Crippen LogP contribution in [0.15, 0.2) is 65.6 Å². The predicted molar refractivity (Wildman–Crippen MR) is 145 cm³/mol. The number of hydrogen-bond donors (Lipinski definition) is 0. The van der Waals surface area contributed by atoms with Crippen LogP contribution in [0.2, 0.25) is 5.02 Å². The Hall–Kier alpha value is -3.69. The molecule has 3 aromatic rings. The van der Waals surface area contributed by atoms with Crippen molar-refractivity contribution in [3.05, 3.63) is 87.5 Å². The molecular weight excluding hydrogens is 533 g/mol. The van der Waals surface area contributed by atoms with Gasteiger partial charge >= 0.3 is 0 Å². The van der Waals surface area contributed by atoms with E-state index in [0.29, 0.717) is 35.2 Å². The highest BCUT2D eigenvalue weighted by atomic mass is 35.5. The summed E-state index contributed by atoms with van der Waals surface area (Å²) in [6, 6.07) is 16.4. The van der Waals surface area contributed by atoms with Gasteiger partial charge in [0.25, 0.3) is 11.1 Å². The van der Waals surface area contributed by atoms with Crippen molar-refractivity contribution in [2.45, 2.75) is 13.5 Å². The number of rotatable bonds is 11. The lowest BCUT2D eigenvalue weighted by Gasteiger charge is -2.15. The molecule has 0 atom stereocenters. The fourth-order valence-electron chi connectivity index (χ4n) is 3.64. The third kappa shape index (κ3) is 6.59. The number of para-hydroxylation sites is 2. The number of benzene rings is 3. The van der Waals surface area contributed by atoms with E-state index in [9.17, 15) is 14.0 Å². The molecule has 0 radical (unpaired) electrons. The van der Waals surface area contributed by atoms with E-state index in [2.05, 4.69) is 0 Å². The zero-order valence-corrected chi connectivity index (χ0v) is 22.3. The number of nitrogens with zero attached hydrogens (tertiary/aromatic N) is 1. The number of amides is 2. The Labute approximate surface area is 229 Å². The molecule has 198 valence electrons. The largest absolute Gasteiger partial charge is 0.493 e. The predicted octanol–water partition coefficient (Wildman–Crippen LogP) is 6.58. The molecule has 1 heterocycles. The second-order valence-corrected chi connectivity index (χ2v) is 9.41. The topological polar surface area (TPSA) is 74.3 Å². The minimum atomic E-state index is -0.422. The summed E-state index contributed by atoms with van der Waals surface area (Å²) in [6.45, 7) is 2.54. The molecule has 1 fully saturated rings. The number of carbonyl (C=O) groups excluding carboxylic acids is 2. The number of hydrogen-bond acceptors (Lipinski definition) is 7. The average molecular weight is 558 g/mol. The van der Waals surface area contributed by atoms with E-state index in [-0.39, 0.29) is 40.7 Å². The normalized spacial score (nSPS) is 14.2. The maximum atomic E-state index is 13.2. The third-order valence-electron chi connectivity index (χ3n) is 5.44. The van der Waals surface area contributed by atoms with Crippen molar-refractivity contribution in [3.8, 4) is 23.0 Å². The highest BCUT2D eigenvalue weighted by molar-refractivity contribution is 8.18. The van der Waals surface area contributed by atoms with E-state index >= 15 is 0 Å². The first-order valence-corrected chi connectivity index (χ1v) is 12.9. The first-order chi connectivity index (χ1) is 18.4. The molecule has 0 aromatic heterocycles. The molecule has 0 bridgehead atoms. The molecule has 0 spiro atoms. The lowest BCUT2D eigenvalue weighted by atomic mass is 10.1. The molecule has 4 rings (SSSR count). The van der Waals surface area contributed by atoms with Crippen LogP contribution in [-0.2, 0) is 11.4 Å². The zero-order chi connectivity index (χ0) is 27.1. The van der Waals surface area contributed by atoms with Gasteiger partial charge in [0, 0.05) is 0 Å². The molecule has 0 aliphatic carbocycles. The highest BCUT2D eigenvalue weighted by Gasteiger charge is 2.35. The summed E-state index contributed by atoms with van der Waals surface area (Å²) >= 11 is 7.34. The van der Waals surface area contributed by atoms with Crippen molar-refractivity contribution in [1.82, 2.24) is 4.90 Å². The molecule has 0 saturated carbocycles. The van der Waals surface area contributed by atoms with Gasteiger partial charge in [-0.05, 0) is 72.3 Å². The number of halogens is 2. The molecule has 0 N–H and O–H groups in total. The van der Waals surface area contributed by atoms with Crippen molar-refractivity contribution in [3.63, 3.8) is 0 Å². The van der Waals surface area contributed by atoms with Crippen molar-refractivity contribution < 1.29 is 32.9 Å². The fraction of sp³-hybridized carbons (Fsp3) is 0.214. The fourth-order valence-corrected chi connectivity index (χ4v) is 4.78. The van der Waals surface area contributed by atoms with Crippen molar-refractivity contribution in [2.24, 2.45) is 0 Å². The molecule has 0 unspecified atom stereocenters. The molecule has 1 saturated heterocycles. The van der Waals surface area contributed by atoms with E-state index in [0.717, 1.165) is 22.2 Å². The molecular formula is C28H25ClFNO6S.